The number of carbonyl (C=O) groups excluding carboxylic acids is 1. The van der Waals surface area contributed by atoms with Gasteiger partial charge in [-0.3, -0.25) is 4.79 Å². The molecule has 0 radical (unpaired) electrons. The van der Waals surface area contributed by atoms with E-state index in [1.54, 1.807) is 12.3 Å². The van der Waals surface area contributed by atoms with Crippen molar-refractivity contribution in [2.45, 2.75) is 13.8 Å². The van der Waals surface area contributed by atoms with Gasteiger partial charge in [0.15, 0.2) is 5.82 Å². The summed E-state index contributed by atoms with van der Waals surface area (Å²) in [5.74, 6) is 1.22. The zero-order valence-corrected chi connectivity index (χ0v) is 17.2. The summed E-state index contributed by atoms with van der Waals surface area (Å²) in [5, 5.41) is 4.70. The summed E-state index contributed by atoms with van der Waals surface area (Å²) in [6.07, 6.45) is 1.56. The number of aromatic nitrogens is 2. The van der Waals surface area contributed by atoms with Gasteiger partial charge in [-0.2, -0.15) is 5.10 Å². The molecule has 1 aromatic heterocycles. The molecule has 0 spiro atoms. The largest absolute Gasteiger partial charge is 0.457 e. The minimum Gasteiger partial charge on any atom is -0.457 e. The average molecular weight is 419 g/mol. The molecule has 0 aliphatic carbocycles. The molecule has 3 aromatic carbocycles. The van der Waals surface area contributed by atoms with Crippen LogP contribution < -0.4 is 10.2 Å². The molecule has 6 nitrogen and oxygen atoms in total. The Hall–Kier alpha value is -3.64. The van der Waals surface area contributed by atoms with Crippen LogP contribution in [0.2, 0.25) is 5.02 Å². The van der Waals surface area contributed by atoms with Crippen molar-refractivity contribution in [1.29, 1.82) is 0 Å². The summed E-state index contributed by atoms with van der Waals surface area (Å²) in [4.78, 5) is 19.5. The second kappa shape index (κ2) is 8.39. The number of aromatic amines is 1. The summed E-state index contributed by atoms with van der Waals surface area (Å²) < 4.78 is 5.82. The van der Waals surface area contributed by atoms with Crippen molar-refractivity contribution in [1.82, 2.24) is 15.4 Å². The van der Waals surface area contributed by atoms with Crippen molar-refractivity contribution < 1.29 is 9.53 Å². The highest BCUT2D eigenvalue weighted by atomic mass is 35.5. The maximum Gasteiger partial charge on any atom is 0.307 e. The van der Waals surface area contributed by atoms with Crippen molar-refractivity contribution >= 4 is 34.8 Å². The zero-order chi connectivity index (χ0) is 21.1. The molecule has 0 bridgehead atoms. The Balaban J connectivity index is 1.37. The lowest BCUT2D eigenvalue weighted by Gasteiger charge is -2.07. The molecule has 0 fully saturated rings. The third-order valence-electron chi connectivity index (χ3n) is 4.48. The Morgan fingerprint density at radius 1 is 1.07 bits per heavy atom. The molecule has 0 aliphatic heterocycles. The molecule has 0 saturated carbocycles. The minimum absolute atomic E-state index is 0.217. The molecular weight excluding hydrogens is 400 g/mol. The Labute approximate surface area is 178 Å². The fourth-order valence-corrected chi connectivity index (χ4v) is 3.01. The van der Waals surface area contributed by atoms with Crippen LogP contribution in [0, 0.1) is 13.8 Å². The Morgan fingerprint density at radius 2 is 1.83 bits per heavy atom. The number of imidazole rings is 1. The third-order valence-corrected chi connectivity index (χ3v) is 4.90. The summed E-state index contributed by atoms with van der Waals surface area (Å²) in [5.41, 5.74) is 6.89. The molecular formula is C23H19ClN4O2. The van der Waals surface area contributed by atoms with Crippen LogP contribution in [-0.4, -0.2) is 22.1 Å². The Kier molecular flexibility index (Phi) is 5.50. The molecule has 0 aliphatic rings. The molecule has 2 N–H and O–H groups in total. The maximum absolute atomic E-state index is 12.3. The van der Waals surface area contributed by atoms with Gasteiger partial charge in [0.25, 0.3) is 0 Å². The van der Waals surface area contributed by atoms with Gasteiger partial charge in [-0.1, -0.05) is 17.7 Å². The lowest BCUT2D eigenvalue weighted by atomic mass is 10.2. The van der Waals surface area contributed by atoms with Gasteiger partial charge < -0.3 is 9.72 Å². The quantitative estimate of drug-likeness (QED) is 0.337. The first-order chi connectivity index (χ1) is 14.5. The van der Waals surface area contributed by atoms with Crippen LogP contribution in [0.15, 0.2) is 65.8 Å². The fourth-order valence-electron chi connectivity index (χ4n) is 2.89. The zero-order valence-electron chi connectivity index (χ0n) is 16.4. The first-order valence-corrected chi connectivity index (χ1v) is 9.69. The van der Waals surface area contributed by atoms with E-state index in [1.807, 2.05) is 68.4 Å². The SMILES string of the molecule is Cc1ccc2nc(C(=O)N/N=C/c3ccc(Oc4ccc(Cl)c(C)c4)cc3)[nH]c2c1. The van der Waals surface area contributed by atoms with E-state index in [2.05, 4.69) is 20.5 Å². The molecule has 7 heteroatoms. The molecule has 0 atom stereocenters. The topological polar surface area (TPSA) is 79.4 Å². The van der Waals surface area contributed by atoms with Gasteiger partial charge in [0.05, 0.1) is 17.2 Å². The van der Waals surface area contributed by atoms with Crippen molar-refractivity contribution in [3.8, 4) is 11.5 Å². The number of benzene rings is 3. The first kappa shape index (κ1) is 19.7. The molecule has 0 saturated heterocycles. The second-order valence-corrected chi connectivity index (χ2v) is 7.29. The number of ether oxygens (including phenoxy) is 1. The van der Waals surface area contributed by atoms with Gasteiger partial charge in [-0.15, -0.1) is 0 Å². The molecule has 1 heterocycles. The van der Waals surface area contributed by atoms with Crippen LogP contribution in [0.1, 0.15) is 27.3 Å². The number of hydrazone groups is 1. The van der Waals surface area contributed by atoms with Crippen molar-refractivity contribution in [3.05, 3.63) is 88.2 Å². The van der Waals surface area contributed by atoms with Crippen LogP contribution >= 0.6 is 11.6 Å². The summed E-state index contributed by atoms with van der Waals surface area (Å²) >= 11 is 6.04. The van der Waals surface area contributed by atoms with E-state index in [9.17, 15) is 4.79 Å². The molecule has 1 amide bonds. The van der Waals surface area contributed by atoms with Gasteiger partial charge in [0, 0.05) is 5.02 Å². The van der Waals surface area contributed by atoms with E-state index in [0.717, 1.165) is 27.7 Å². The number of nitrogens with one attached hydrogen (secondary N) is 2. The number of fused-ring (bicyclic) bond motifs is 1. The lowest BCUT2D eigenvalue weighted by Crippen LogP contribution is -2.19. The van der Waals surface area contributed by atoms with E-state index in [4.69, 9.17) is 16.3 Å². The van der Waals surface area contributed by atoms with Gasteiger partial charge >= 0.3 is 5.91 Å². The van der Waals surface area contributed by atoms with Gasteiger partial charge in [0.2, 0.25) is 0 Å². The molecule has 4 aromatic rings. The van der Waals surface area contributed by atoms with Crippen LogP contribution in [0.3, 0.4) is 0 Å². The summed E-state index contributed by atoms with van der Waals surface area (Å²) in [6, 6.07) is 18.6. The molecule has 150 valence electrons. The molecule has 0 unspecified atom stereocenters. The van der Waals surface area contributed by atoms with Crippen LogP contribution in [0.25, 0.3) is 11.0 Å². The number of H-pyrrole nitrogens is 1. The van der Waals surface area contributed by atoms with Crippen molar-refractivity contribution in [2.75, 3.05) is 0 Å². The number of nitrogens with zero attached hydrogens (tertiary/aromatic N) is 2. The predicted octanol–water partition coefficient (Wildman–Crippen LogP) is 5.39. The first-order valence-electron chi connectivity index (χ1n) is 9.32. The number of hydrogen-bond acceptors (Lipinski definition) is 4. The predicted molar refractivity (Wildman–Crippen MR) is 119 cm³/mol. The average Bonchev–Trinajstić information content (AvgIpc) is 3.15. The van der Waals surface area contributed by atoms with Crippen LogP contribution in [-0.2, 0) is 0 Å². The van der Waals surface area contributed by atoms with Crippen LogP contribution in [0.5, 0.6) is 11.5 Å². The highest BCUT2D eigenvalue weighted by molar-refractivity contribution is 6.31. The lowest BCUT2D eigenvalue weighted by molar-refractivity contribution is 0.0946. The Bertz CT molecular complexity index is 1250. The number of halogens is 1. The van der Waals surface area contributed by atoms with E-state index < -0.39 is 5.91 Å². The second-order valence-electron chi connectivity index (χ2n) is 6.89. The normalized spacial score (nSPS) is 11.2. The fraction of sp³-hybridized carbons (Fsp3) is 0.0870. The van der Waals surface area contributed by atoms with E-state index in [0.29, 0.717) is 16.5 Å². The highest BCUT2D eigenvalue weighted by Crippen LogP contribution is 2.26. The monoisotopic (exact) mass is 418 g/mol. The van der Waals surface area contributed by atoms with Crippen molar-refractivity contribution in [3.63, 3.8) is 0 Å². The van der Waals surface area contributed by atoms with Gasteiger partial charge in [0.1, 0.15) is 11.5 Å². The van der Waals surface area contributed by atoms with E-state index in [-0.39, 0.29) is 5.82 Å². The number of hydrogen-bond donors (Lipinski definition) is 2. The third kappa shape index (κ3) is 4.50. The van der Waals surface area contributed by atoms with Crippen molar-refractivity contribution in [2.24, 2.45) is 5.10 Å². The van der Waals surface area contributed by atoms with Gasteiger partial charge in [-0.25, -0.2) is 10.4 Å². The maximum atomic E-state index is 12.3. The number of aryl methyl sites for hydroxylation is 2. The number of amides is 1. The van der Waals surface area contributed by atoms with Crippen LogP contribution in [0.4, 0.5) is 0 Å². The Morgan fingerprint density at radius 3 is 2.60 bits per heavy atom. The number of carbonyl (C=O) groups is 1. The van der Waals surface area contributed by atoms with E-state index in [1.165, 1.54) is 0 Å². The minimum atomic E-state index is -0.404. The number of rotatable bonds is 5. The van der Waals surface area contributed by atoms with Gasteiger partial charge in [-0.05, 0) is 85.1 Å². The standard InChI is InChI=1S/C23H19ClN4O2/c1-14-3-10-20-21(11-14)27-22(26-20)23(29)28-25-13-16-4-6-17(7-5-16)30-18-8-9-19(24)15(2)12-18/h3-13H,1-2H3,(H,26,27)(H,28,29)/b25-13+. The molecule has 30 heavy (non-hydrogen) atoms. The summed E-state index contributed by atoms with van der Waals surface area (Å²) in [7, 11) is 0. The smallest absolute Gasteiger partial charge is 0.307 e. The highest BCUT2D eigenvalue weighted by Gasteiger charge is 2.10. The summed E-state index contributed by atoms with van der Waals surface area (Å²) in [6.45, 7) is 3.91. The molecule has 4 rings (SSSR count). The van der Waals surface area contributed by atoms with E-state index >= 15 is 0 Å².